The van der Waals surface area contributed by atoms with Crippen LogP contribution in [0.1, 0.15) is 36.2 Å². The minimum atomic E-state index is -0.758. The third-order valence-electron chi connectivity index (χ3n) is 4.02. The minimum absolute atomic E-state index is 0.0470. The Labute approximate surface area is 145 Å². The van der Waals surface area contributed by atoms with E-state index in [0.29, 0.717) is 23.7 Å². The molecule has 1 aliphatic rings. The number of ketones is 1. The summed E-state index contributed by atoms with van der Waals surface area (Å²) in [5.74, 6) is 0.418. The van der Waals surface area contributed by atoms with Crippen LogP contribution >= 0.6 is 0 Å². The van der Waals surface area contributed by atoms with Crippen molar-refractivity contribution in [3.63, 3.8) is 0 Å². The largest absolute Gasteiger partial charge is 0.482 e. The zero-order chi connectivity index (χ0) is 17.9. The Morgan fingerprint density at radius 1 is 1.36 bits per heavy atom. The number of nitrogens with zero attached hydrogens (tertiary/aromatic N) is 1. The molecule has 3 rings (SSSR count). The lowest BCUT2D eigenvalue weighted by Crippen LogP contribution is -2.36. The molecule has 0 radical (unpaired) electrons. The molecule has 0 N–H and O–H groups in total. The van der Waals surface area contributed by atoms with Crippen molar-refractivity contribution in [3.05, 3.63) is 53.9 Å². The zero-order valence-electron chi connectivity index (χ0n) is 14.2. The summed E-state index contributed by atoms with van der Waals surface area (Å²) in [6.07, 6.45) is 3.58. The van der Waals surface area contributed by atoms with Crippen molar-refractivity contribution >= 4 is 11.8 Å². The first-order valence-corrected chi connectivity index (χ1v) is 8.07. The van der Waals surface area contributed by atoms with E-state index in [0.717, 1.165) is 5.56 Å². The van der Waals surface area contributed by atoms with Crippen molar-refractivity contribution in [2.24, 2.45) is 0 Å². The number of carbonyl (C=O) groups is 2. The van der Waals surface area contributed by atoms with Gasteiger partial charge in [0.2, 0.25) is 0 Å². The standard InChI is InChI=1S/C19H19NO5/c1-3-23-18(22)12-24-14-6-7-17-15(9-14)16(21)10-19(2,25-17)13-5-4-8-20-11-13/h4-9,11H,3,10,12H2,1-2H3/t19-/m0/s1. The smallest absolute Gasteiger partial charge is 0.344 e. The number of Topliss-reactive ketones (excluding diaryl/α,β-unsaturated/α-hetero) is 1. The molecule has 2 heterocycles. The van der Waals surface area contributed by atoms with E-state index in [9.17, 15) is 9.59 Å². The highest BCUT2D eigenvalue weighted by atomic mass is 16.6. The van der Waals surface area contributed by atoms with Crippen LogP contribution < -0.4 is 9.47 Å². The Morgan fingerprint density at radius 2 is 2.20 bits per heavy atom. The van der Waals surface area contributed by atoms with Gasteiger partial charge in [0.05, 0.1) is 18.6 Å². The van der Waals surface area contributed by atoms with Crippen LogP contribution in [-0.4, -0.2) is 30.0 Å². The average Bonchev–Trinajstić information content (AvgIpc) is 2.61. The lowest BCUT2D eigenvalue weighted by Gasteiger charge is -2.35. The molecular formula is C19H19NO5. The molecule has 0 bridgehead atoms. The maximum atomic E-state index is 12.6. The van der Waals surface area contributed by atoms with Gasteiger partial charge in [-0.1, -0.05) is 6.07 Å². The fourth-order valence-corrected chi connectivity index (χ4v) is 2.77. The minimum Gasteiger partial charge on any atom is -0.482 e. The first-order valence-electron chi connectivity index (χ1n) is 8.07. The van der Waals surface area contributed by atoms with Gasteiger partial charge in [0.25, 0.3) is 0 Å². The molecule has 1 aliphatic heterocycles. The van der Waals surface area contributed by atoms with Crippen LogP contribution in [0.15, 0.2) is 42.7 Å². The van der Waals surface area contributed by atoms with Crippen LogP contribution in [0.3, 0.4) is 0 Å². The van der Waals surface area contributed by atoms with E-state index in [4.69, 9.17) is 14.2 Å². The van der Waals surface area contributed by atoms with Crippen molar-refractivity contribution in [2.75, 3.05) is 13.2 Å². The number of hydrogen-bond donors (Lipinski definition) is 0. The number of esters is 1. The summed E-state index contributed by atoms with van der Waals surface area (Å²) in [4.78, 5) is 28.1. The molecule has 6 heteroatoms. The number of carbonyl (C=O) groups excluding carboxylic acids is 2. The summed E-state index contributed by atoms with van der Waals surface area (Å²) in [5.41, 5.74) is 0.533. The highest BCUT2D eigenvalue weighted by molar-refractivity contribution is 6.00. The molecule has 0 saturated carbocycles. The van der Waals surface area contributed by atoms with Gasteiger partial charge in [-0.2, -0.15) is 0 Å². The van der Waals surface area contributed by atoms with Gasteiger partial charge in [-0.15, -0.1) is 0 Å². The maximum absolute atomic E-state index is 12.6. The molecular weight excluding hydrogens is 322 g/mol. The summed E-state index contributed by atoms with van der Waals surface area (Å²) in [6.45, 7) is 3.70. The zero-order valence-corrected chi connectivity index (χ0v) is 14.2. The molecule has 1 atom stereocenters. The average molecular weight is 341 g/mol. The summed E-state index contributed by atoms with van der Waals surface area (Å²) in [6, 6.07) is 8.65. The van der Waals surface area contributed by atoms with Crippen molar-refractivity contribution in [1.29, 1.82) is 0 Å². The SMILES string of the molecule is CCOC(=O)COc1ccc2c(c1)C(=O)C[C@@](C)(c1cccnc1)O2. The van der Waals surface area contributed by atoms with Gasteiger partial charge >= 0.3 is 5.97 Å². The molecule has 0 unspecified atom stereocenters. The number of benzene rings is 1. The highest BCUT2D eigenvalue weighted by Crippen LogP contribution is 2.40. The monoisotopic (exact) mass is 341 g/mol. The number of aromatic nitrogens is 1. The van der Waals surface area contributed by atoms with E-state index >= 15 is 0 Å². The van der Waals surface area contributed by atoms with Crippen LogP contribution in [0.25, 0.3) is 0 Å². The van der Waals surface area contributed by atoms with Crippen molar-refractivity contribution in [1.82, 2.24) is 4.98 Å². The summed E-state index contributed by atoms with van der Waals surface area (Å²) < 4.78 is 16.3. The Bertz CT molecular complexity index is 790. The normalized spacial score (nSPS) is 18.9. The second-order valence-corrected chi connectivity index (χ2v) is 5.93. The van der Waals surface area contributed by atoms with Gasteiger partial charge in [0.15, 0.2) is 12.4 Å². The van der Waals surface area contributed by atoms with E-state index in [1.807, 2.05) is 19.1 Å². The van der Waals surface area contributed by atoms with Gasteiger partial charge in [-0.25, -0.2) is 4.79 Å². The van der Waals surface area contributed by atoms with Gasteiger partial charge in [-0.05, 0) is 38.1 Å². The lowest BCUT2D eigenvalue weighted by atomic mass is 9.86. The molecule has 0 saturated heterocycles. The second kappa shape index (κ2) is 6.93. The van der Waals surface area contributed by atoms with Gasteiger partial charge < -0.3 is 14.2 Å². The third kappa shape index (κ3) is 3.63. The van der Waals surface area contributed by atoms with E-state index in [1.165, 1.54) is 0 Å². The van der Waals surface area contributed by atoms with Crippen LogP contribution in [0.4, 0.5) is 0 Å². The molecule has 0 fully saturated rings. The van der Waals surface area contributed by atoms with E-state index in [1.54, 1.807) is 37.5 Å². The first-order chi connectivity index (χ1) is 12.0. The molecule has 1 aromatic carbocycles. The first kappa shape index (κ1) is 17.0. The molecule has 0 amide bonds. The van der Waals surface area contributed by atoms with E-state index in [2.05, 4.69) is 4.98 Å². The maximum Gasteiger partial charge on any atom is 0.344 e. The molecule has 0 aliphatic carbocycles. The number of ether oxygens (including phenoxy) is 3. The molecule has 25 heavy (non-hydrogen) atoms. The molecule has 6 nitrogen and oxygen atoms in total. The number of rotatable bonds is 5. The summed E-state index contributed by atoms with van der Waals surface area (Å²) in [5, 5.41) is 0. The van der Waals surface area contributed by atoms with Crippen LogP contribution in [0.5, 0.6) is 11.5 Å². The van der Waals surface area contributed by atoms with Crippen molar-refractivity contribution in [3.8, 4) is 11.5 Å². The molecule has 2 aromatic rings. The quantitative estimate of drug-likeness (QED) is 0.779. The van der Waals surface area contributed by atoms with Crippen molar-refractivity contribution in [2.45, 2.75) is 25.9 Å². The van der Waals surface area contributed by atoms with Gasteiger partial charge in [-0.3, -0.25) is 9.78 Å². The third-order valence-corrected chi connectivity index (χ3v) is 4.02. The predicted octanol–water partition coefficient (Wildman–Crippen LogP) is 2.90. The molecule has 130 valence electrons. The topological polar surface area (TPSA) is 74.7 Å². The van der Waals surface area contributed by atoms with Crippen LogP contribution in [-0.2, 0) is 15.1 Å². The number of fused-ring (bicyclic) bond motifs is 1. The summed E-state index contributed by atoms with van der Waals surface area (Å²) in [7, 11) is 0. The Balaban J connectivity index is 1.80. The van der Waals surface area contributed by atoms with Crippen LogP contribution in [0, 0.1) is 0 Å². The Kier molecular flexibility index (Phi) is 4.70. The lowest BCUT2D eigenvalue weighted by molar-refractivity contribution is -0.145. The summed E-state index contributed by atoms with van der Waals surface area (Å²) >= 11 is 0. The Hall–Kier alpha value is -2.89. The van der Waals surface area contributed by atoms with Gasteiger partial charge in [0.1, 0.15) is 17.1 Å². The highest BCUT2D eigenvalue weighted by Gasteiger charge is 2.38. The fraction of sp³-hybridized carbons (Fsp3) is 0.316. The van der Waals surface area contributed by atoms with Gasteiger partial charge in [0, 0.05) is 18.0 Å². The van der Waals surface area contributed by atoms with Crippen LogP contribution in [0.2, 0.25) is 0 Å². The second-order valence-electron chi connectivity index (χ2n) is 5.93. The fourth-order valence-electron chi connectivity index (χ4n) is 2.77. The number of hydrogen-bond acceptors (Lipinski definition) is 6. The number of pyridine rings is 1. The van der Waals surface area contributed by atoms with Crippen molar-refractivity contribution < 1.29 is 23.8 Å². The van der Waals surface area contributed by atoms with E-state index < -0.39 is 11.6 Å². The predicted molar refractivity (Wildman–Crippen MR) is 89.7 cm³/mol. The molecule has 0 spiro atoms. The molecule has 1 aromatic heterocycles. The Morgan fingerprint density at radius 3 is 2.92 bits per heavy atom. The van der Waals surface area contributed by atoms with E-state index in [-0.39, 0.29) is 18.8 Å².